The fraction of sp³-hybridized carbons (Fsp3) is 0.583. The van der Waals surface area contributed by atoms with Gasteiger partial charge in [0.25, 0.3) is 0 Å². The van der Waals surface area contributed by atoms with Gasteiger partial charge >= 0.3 is 0 Å². The van der Waals surface area contributed by atoms with Crippen LogP contribution < -0.4 is 5.32 Å². The van der Waals surface area contributed by atoms with Gasteiger partial charge in [-0.1, -0.05) is 0 Å². The molecule has 0 bridgehead atoms. The molecule has 0 fully saturated rings. The Morgan fingerprint density at radius 3 is 2.75 bits per heavy atom. The monoisotopic (exact) mass is 240 g/mol. The van der Waals surface area contributed by atoms with E-state index in [-0.39, 0.29) is 5.91 Å². The van der Waals surface area contributed by atoms with Crippen molar-refractivity contribution in [3.8, 4) is 0 Å². The maximum Gasteiger partial charge on any atom is 0.222 e. The first kappa shape index (κ1) is 13.2. The largest absolute Gasteiger partial charge is 0.349 e. The van der Waals surface area contributed by atoms with Crippen molar-refractivity contribution in [2.45, 2.75) is 26.3 Å². The predicted molar refractivity (Wildman–Crippen MR) is 68.7 cm³/mol. The highest BCUT2D eigenvalue weighted by molar-refractivity contribution is 7.11. The second-order valence-electron chi connectivity index (χ2n) is 4.08. The van der Waals surface area contributed by atoms with Crippen LogP contribution in [0.15, 0.2) is 12.1 Å². The van der Waals surface area contributed by atoms with Crippen LogP contribution in [0.2, 0.25) is 0 Å². The van der Waals surface area contributed by atoms with E-state index in [1.807, 2.05) is 11.3 Å². The summed E-state index contributed by atoms with van der Waals surface area (Å²) in [6.45, 7) is 3.93. The van der Waals surface area contributed by atoms with Crippen molar-refractivity contribution in [2.24, 2.45) is 0 Å². The zero-order chi connectivity index (χ0) is 12.0. The molecule has 90 valence electrons. The fourth-order valence-corrected chi connectivity index (χ4v) is 2.24. The Morgan fingerprint density at radius 2 is 2.19 bits per heavy atom. The van der Waals surface area contributed by atoms with Crippen molar-refractivity contribution in [1.82, 2.24) is 10.2 Å². The molecule has 0 spiro atoms. The highest BCUT2D eigenvalue weighted by Gasteiger charge is 2.02. The number of aryl methyl sites for hydroxylation is 1. The SMILES string of the molecule is Cc1ccc(CNCCCC(=O)N(C)C)s1. The van der Waals surface area contributed by atoms with E-state index in [4.69, 9.17) is 0 Å². The van der Waals surface area contributed by atoms with Crippen LogP contribution in [0, 0.1) is 6.92 Å². The Morgan fingerprint density at radius 1 is 1.44 bits per heavy atom. The van der Waals surface area contributed by atoms with Crippen molar-refractivity contribution in [3.63, 3.8) is 0 Å². The second kappa shape index (κ2) is 6.66. The molecule has 0 aliphatic rings. The van der Waals surface area contributed by atoms with Gasteiger partial charge in [-0.05, 0) is 32.0 Å². The maximum atomic E-state index is 11.3. The molecule has 0 aliphatic heterocycles. The third-order valence-electron chi connectivity index (χ3n) is 2.34. The van der Waals surface area contributed by atoms with Gasteiger partial charge in [0.15, 0.2) is 0 Å². The molecule has 0 aliphatic carbocycles. The maximum absolute atomic E-state index is 11.3. The van der Waals surface area contributed by atoms with E-state index in [2.05, 4.69) is 24.4 Å². The molecule has 3 nitrogen and oxygen atoms in total. The van der Waals surface area contributed by atoms with Gasteiger partial charge < -0.3 is 10.2 Å². The Kier molecular flexibility index (Phi) is 5.49. The summed E-state index contributed by atoms with van der Waals surface area (Å²) in [7, 11) is 3.59. The number of rotatable bonds is 6. The predicted octanol–water partition coefficient (Wildman–Crippen LogP) is 2.01. The van der Waals surface area contributed by atoms with E-state index < -0.39 is 0 Å². The number of carbonyl (C=O) groups excluding carboxylic acids is 1. The van der Waals surface area contributed by atoms with Crippen LogP contribution in [0.3, 0.4) is 0 Å². The molecule has 1 amide bonds. The minimum atomic E-state index is 0.203. The van der Waals surface area contributed by atoms with Gasteiger partial charge in [-0.3, -0.25) is 4.79 Å². The van der Waals surface area contributed by atoms with Crippen molar-refractivity contribution < 1.29 is 4.79 Å². The normalized spacial score (nSPS) is 10.4. The highest BCUT2D eigenvalue weighted by Crippen LogP contribution is 2.14. The van der Waals surface area contributed by atoms with Gasteiger partial charge in [-0.2, -0.15) is 0 Å². The lowest BCUT2D eigenvalue weighted by molar-refractivity contribution is -0.128. The van der Waals surface area contributed by atoms with Crippen LogP contribution in [0.1, 0.15) is 22.6 Å². The van der Waals surface area contributed by atoms with Gasteiger partial charge in [0.2, 0.25) is 5.91 Å². The van der Waals surface area contributed by atoms with Crippen LogP contribution >= 0.6 is 11.3 Å². The number of hydrogen-bond acceptors (Lipinski definition) is 3. The molecule has 0 saturated heterocycles. The lowest BCUT2D eigenvalue weighted by Crippen LogP contribution is -2.23. The molecule has 4 heteroatoms. The summed E-state index contributed by atoms with van der Waals surface area (Å²) in [4.78, 5) is 15.6. The van der Waals surface area contributed by atoms with Crippen molar-refractivity contribution in [1.29, 1.82) is 0 Å². The summed E-state index contributed by atoms with van der Waals surface area (Å²) in [5, 5.41) is 3.35. The van der Waals surface area contributed by atoms with E-state index in [9.17, 15) is 4.79 Å². The number of nitrogens with one attached hydrogen (secondary N) is 1. The molecule has 1 heterocycles. The number of hydrogen-bond donors (Lipinski definition) is 1. The molecule has 0 unspecified atom stereocenters. The first-order valence-electron chi connectivity index (χ1n) is 5.56. The zero-order valence-electron chi connectivity index (χ0n) is 10.2. The Bertz CT molecular complexity index is 334. The third kappa shape index (κ3) is 4.77. The van der Waals surface area contributed by atoms with E-state index in [0.29, 0.717) is 6.42 Å². The molecule has 1 aromatic rings. The van der Waals surface area contributed by atoms with Gasteiger partial charge in [0, 0.05) is 36.8 Å². The van der Waals surface area contributed by atoms with Crippen molar-refractivity contribution in [3.05, 3.63) is 21.9 Å². The van der Waals surface area contributed by atoms with Gasteiger partial charge in [0.05, 0.1) is 0 Å². The van der Waals surface area contributed by atoms with Crippen molar-refractivity contribution in [2.75, 3.05) is 20.6 Å². The summed E-state index contributed by atoms with van der Waals surface area (Å²) in [6, 6.07) is 4.29. The molecule has 0 atom stereocenters. The summed E-state index contributed by atoms with van der Waals surface area (Å²) in [5.74, 6) is 0.203. The number of thiophene rings is 1. The number of amides is 1. The molecular formula is C12H20N2OS. The minimum absolute atomic E-state index is 0.203. The summed E-state index contributed by atoms with van der Waals surface area (Å²) >= 11 is 1.82. The molecule has 16 heavy (non-hydrogen) atoms. The van der Waals surface area contributed by atoms with E-state index >= 15 is 0 Å². The zero-order valence-corrected chi connectivity index (χ0v) is 11.1. The fourth-order valence-electron chi connectivity index (χ4n) is 1.38. The first-order chi connectivity index (χ1) is 7.59. The van der Waals surface area contributed by atoms with Gasteiger partial charge in [0.1, 0.15) is 0 Å². The average Bonchev–Trinajstić information content (AvgIpc) is 2.63. The molecule has 1 rings (SSSR count). The number of carbonyl (C=O) groups is 1. The topological polar surface area (TPSA) is 32.3 Å². The van der Waals surface area contributed by atoms with Crippen LogP contribution in [0.4, 0.5) is 0 Å². The lowest BCUT2D eigenvalue weighted by atomic mass is 10.3. The minimum Gasteiger partial charge on any atom is -0.349 e. The van der Waals surface area contributed by atoms with E-state index in [1.54, 1.807) is 19.0 Å². The molecule has 1 N–H and O–H groups in total. The standard InChI is InChI=1S/C12H20N2OS/c1-10-6-7-11(16-10)9-13-8-4-5-12(15)14(2)3/h6-7,13H,4-5,8-9H2,1-3H3. The molecule has 0 saturated carbocycles. The highest BCUT2D eigenvalue weighted by atomic mass is 32.1. The third-order valence-corrected chi connectivity index (χ3v) is 3.34. The van der Waals surface area contributed by atoms with E-state index in [1.165, 1.54) is 9.75 Å². The van der Waals surface area contributed by atoms with Gasteiger partial charge in [-0.15, -0.1) is 11.3 Å². The lowest BCUT2D eigenvalue weighted by Gasteiger charge is -2.09. The van der Waals surface area contributed by atoms with Gasteiger partial charge in [-0.25, -0.2) is 0 Å². The summed E-state index contributed by atoms with van der Waals surface area (Å²) < 4.78 is 0. The first-order valence-corrected chi connectivity index (χ1v) is 6.37. The Labute approximate surface area is 101 Å². The smallest absolute Gasteiger partial charge is 0.222 e. The second-order valence-corrected chi connectivity index (χ2v) is 5.45. The molecular weight excluding hydrogens is 220 g/mol. The summed E-state index contributed by atoms with van der Waals surface area (Å²) in [6.07, 6.45) is 1.53. The molecule has 0 radical (unpaired) electrons. The van der Waals surface area contributed by atoms with Crippen LogP contribution in [-0.2, 0) is 11.3 Å². The van der Waals surface area contributed by atoms with Crippen LogP contribution in [0.5, 0.6) is 0 Å². The van der Waals surface area contributed by atoms with Crippen LogP contribution in [-0.4, -0.2) is 31.4 Å². The molecule has 0 aromatic carbocycles. The van der Waals surface area contributed by atoms with E-state index in [0.717, 1.165) is 19.5 Å². The Balaban J connectivity index is 2.06. The van der Waals surface area contributed by atoms with Crippen LogP contribution in [0.25, 0.3) is 0 Å². The number of nitrogens with zero attached hydrogens (tertiary/aromatic N) is 1. The van der Waals surface area contributed by atoms with Crippen molar-refractivity contribution >= 4 is 17.2 Å². The summed E-state index contributed by atoms with van der Waals surface area (Å²) in [5.41, 5.74) is 0. The average molecular weight is 240 g/mol. The molecule has 1 aromatic heterocycles. The quantitative estimate of drug-likeness (QED) is 0.772. The Hall–Kier alpha value is -0.870.